The predicted molar refractivity (Wildman–Crippen MR) is 74.9 cm³/mol. The molecular formula is C15H11F3N4O. The molecule has 0 unspecified atom stereocenters. The zero-order valence-corrected chi connectivity index (χ0v) is 11.7. The van der Waals surface area contributed by atoms with Gasteiger partial charge in [0.05, 0.1) is 0 Å². The molecule has 0 bridgehead atoms. The van der Waals surface area contributed by atoms with Crippen molar-refractivity contribution in [2.24, 2.45) is 0 Å². The molecule has 0 radical (unpaired) electrons. The fraction of sp³-hybridized carbons (Fsp3) is 0.133. The Kier molecular flexibility index (Phi) is 3.96. The van der Waals surface area contributed by atoms with Crippen molar-refractivity contribution in [2.45, 2.75) is 12.8 Å². The standard InChI is InChI=1S/C15H11F3N4O/c16-15(17,18)12-2-1-3-14(21-12)23-9-11-4-5-13(20-8-11)22-7-6-19-10-22/h1-8,10H,9H2. The van der Waals surface area contributed by atoms with Gasteiger partial charge in [0.1, 0.15) is 24.4 Å². The number of halogens is 3. The highest BCUT2D eigenvalue weighted by atomic mass is 19.4. The van der Waals surface area contributed by atoms with Crippen molar-refractivity contribution in [1.29, 1.82) is 0 Å². The van der Waals surface area contributed by atoms with Gasteiger partial charge in [-0.25, -0.2) is 15.0 Å². The van der Waals surface area contributed by atoms with Gasteiger partial charge in [-0.2, -0.15) is 13.2 Å². The van der Waals surface area contributed by atoms with E-state index in [1.165, 1.54) is 12.1 Å². The fourth-order valence-electron chi connectivity index (χ4n) is 1.86. The van der Waals surface area contributed by atoms with Crippen LogP contribution in [-0.4, -0.2) is 19.5 Å². The molecule has 0 saturated heterocycles. The Balaban J connectivity index is 1.67. The van der Waals surface area contributed by atoms with Gasteiger partial charge in [0.2, 0.25) is 5.88 Å². The Morgan fingerprint density at radius 2 is 2.00 bits per heavy atom. The highest BCUT2D eigenvalue weighted by Crippen LogP contribution is 2.28. The van der Waals surface area contributed by atoms with Crippen molar-refractivity contribution in [3.63, 3.8) is 0 Å². The molecule has 0 fully saturated rings. The van der Waals surface area contributed by atoms with Crippen LogP contribution in [0.15, 0.2) is 55.2 Å². The second kappa shape index (κ2) is 6.07. The first kappa shape index (κ1) is 15.0. The van der Waals surface area contributed by atoms with Gasteiger partial charge in [0.15, 0.2) is 0 Å². The van der Waals surface area contributed by atoms with Crippen LogP contribution in [0.1, 0.15) is 11.3 Å². The van der Waals surface area contributed by atoms with Gasteiger partial charge in [-0.15, -0.1) is 0 Å². The molecule has 0 aliphatic carbocycles. The van der Waals surface area contributed by atoms with Crippen LogP contribution in [0.4, 0.5) is 13.2 Å². The quantitative estimate of drug-likeness (QED) is 0.740. The third-order valence-electron chi connectivity index (χ3n) is 2.98. The van der Waals surface area contributed by atoms with Crippen molar-refractivity contribution < 1.29 is 17.9 Å². The lowest BCUT2D eigenvalue weighted by atomic mass is 10.3. The highest BCUT2D eigenvalue weighted by molar-refractivity contribution is 5.25. The minimum atomic E-state index is -4.49. The summed E-state index contributed by atoms with van der Waals surface area (Å²) in [5.74, 6) is 0.599. The average molecular weight is 320 g/mol. The van der Waals surface area contributed by atoms with Crippen molar-refractivity contribution >= 4 is 0 Å². The lowest BCUT2D eigenvalue weighted by Crippen LogP contribution is -2.09. The number of nitrogens with zero attached hydrogens (tertiary/aromatic N) is 4. The predicted octanol–water partition coefficient (Wildman–Crippen LogP) is 3.26. The molecule has 0 saturated carbocycles. The Hall–Kier alpha value is -2.90. The van der Waals surface area contributed by atoms with Crippen LogP contribution in [0.2, 0.25) is 0 Å². The molecule has 0 atom stereocenters. The molecule has 0 aromatic carbocycles. The van der Waals surface area contributed by atoms with Crippen LogP contribution in [-0.2, 0) is 12.8 Å². The summed E-state index contributed by atoms with van der Waals surface area (Å²) < 4.78 is 44.7. The lowest BCUT2D eigenvalue weighted by Gasteiger charge is -2.09. The van der Waals surface area contributed by atoms with Crippen LogP contribution in [0.5, 0.6) is 5.88 Å². The summed E-state index contributed by atoms with van der Waals surface area (Å²) in [7, 11) is 0. The molecule has 3 aromatic rings. The number of rotatable bonds is 4. The van der Waals surface area contributed by atoms with Gasteiger partial charge >= 0.3 is 6.18 Å². The maximum atomic E-state index is 12.6. The molecular weight excluding hydrogens is 309 g/mol. The molecule has 23 heavy (non-hydrogen) atoms. The summed E-state index contributed by atoms with van der Waals surface area (Å²) >= 11 is 0. The van der Waals surface area contributed by atoms with E-state index >= 15 is 0 Å². The second-order valence-corrected chi connectivity index (χ2v) is 4.64. The lowest BCUT2D eigenvalue weighted by molar-refractivity contribution is -0.141. The maximum Gasteiger partial charge on any atom is 0.433 e. The first-order valence-electron chi connectivity index (χ1n) is 6.63. The van der Waals surface area contributed by atoms with Crippen molar-refractivity contribution in [2.75, 3.05) is 0 Å². The first-order valence-corrected chi connectivity index (χ1v) is 6.63. The molecule has 118 valence electrons. The summed E-state index contributed by atoms with van der Waals surface area (Å²) in [6.45, 7) is 0.0749. The number of ether oxygens (including phenoxy) is 1. The molecule has 0 N–H and O–H groups in total. The Morgan fingerprint density at radius 1 is 1.13 bits per heavy atom. The van der Waals surface area contributed by atoms with E-state index in [0.29, 0.717) is 11.4 Å². The SMILES string of the molecule is FC(F)(F)c1cccc(OCc2ccc(-n3ccnc3)nc2)n1. The molecule has 8 heteroatoms. The van der Waals surface area contributed by atoms with Crippen molar-refractivity contribution in [1.82, 2.24) is 19.5 Å². The minimum Gasteiger partial charge on any atom is -0.473 e. The van der Waals surface area contributed by atoms with E-state index in [1.807, 2.05) is 0 Å². The number of alkyl halides is 3. The summed E-state index contributed by atoms with van der Waals surface area (Å²) in [5, 5.41) is 0. The van der Waals surface area contributed by atoms with E-state index in [4.69, 9.17) is 4.74 Å². The third kappa shape index (κ3) is 3.65. The van der Waals surface area contributed by atoms with Crippen LogP contribution < -0.4 is 4.74 Å². The first-order chi connectivity index (χ1) is 11.0. The van der Waals surface area contributed by atoms with E-state index in [-0.39, 0.29) is 12.5 Å². The number of pyridine rings is 2. The number of hydrogen-bond donors (Lipinski definition) is 0. The molecule has 3 aromatic heterocycles. The summed E-state index contributed by atoms with van der Waals surface area (Å²) in [6, 6.07) is 7.07. The molecule has 0 amide bonds. The van der Waals surface area contributed by atoms with Crippen molar-refractivity contribution in [3.05, 3.63) is 66.5 Å². The Labute approximate surface area is 129 Å². The summed E-state index contributed by atoms with van der Waals surface area (Å²) in [5.41, 5.74) is -0.267. The summed E-state index contributed by atoms with van der Waals surface area (Å²) in [6.07, 6.45) is 2.10. The summed E-state index contributed by atoms with van der Waals surface area (Å²) in [4.78, 5) is 11.6. The molecule has 3 rings (SSSR count). The zero-order valence-electron chi connectivity index (χ0n) is 11.7. The molecule has 0 aliphatic heterocycles. The largest absolute Gasteiger partial charge is 0.473 e. The van der Waals surface area contributed by atoms with Gasteiger partial charge in [0.25, 0.3) is 0 Å². The maximum absolute atomic E-state index is 12.6. The molecule has 0 aliphatic rings. The van der Waals surface area contributed by atoms with Gasteiger partial charge in [-0.05, 0) is 12.1 Å². The monoisotopic (exact) mass is 320 g/mol. The van der Waals surface area contributed by atoms with E-state index in [0.717, 1.165) is 6.07 Å². The average Bonchev–Trinajstić information content (AvgIpc) is 3.07. The molecule has 0 spiro atoms. The fourth-order valence-corrected chi connectivity index (χ4v) is 1.86. The van der Waals surface area contributed by atoms with Gasteiger partial charge < -0.3 is 4.74 Å². The third-order valence-corrected chi connectivity index (χ3v) is 2.98. The normalized spacial score (nSPS) is 11.4. The Morgan fingerprint density at radius 3 is 2.65 bits per heavy atom. The Bertz CT molecular complexity index is 770. The van der Waals surface area contributed by atoms with E-state index in [9.17, 15) is 13.2 Å². The van der Waals surface area contributed by atoms with Crippen molar-refractivity contribution in [3.8, 4) is 11.7 Å². The van der Waals surface area contributed by atoms with Crippen LogP contribution >= 0.6 is 0 Å². The topological polar surface area (TPSA) is 52.8 Å². The zero-order chi connectivity index (χ0) is 16.3. The number of imidazole rings is 1. The number of hydrogen-bond acceptors (Lipinski definition) is 4. The van der Waals surface area contributed by atoms with E-state index in [2.05, 4.69) is 15.0 Å². The van der Waals surface area contributed by atoms with E-state index in [1.54, 1.807) is 41.6 Å². The second-order valence-electron chi connectivity index (χ2n) is 4.64. The van der Waals surface area contributed by atoms with Gasteiger partial charge in [-0.1, -0.05) is 12.1 Å². The van der Waals surface area contributed by atoms with Crippen LogP contribution in [0, 0.1) is 0 Å². The van der Waals surface area contributed by atoms with Gasteiger partial charge in [-0.3, -0.25) is 4.57 Å². The van der Waals surface area contributed by atoms with Gasteiger partial charge in [0, 0.05) is 30.2 Å². The molecule has 3 heterocycles. The van der Waals surface area contributed by atoms with E-state index < -0.39 is 11.9 Å². The number of aromatic nitrogens is 4. The molecule has 5 nitrogen and oxygen atoms in total. The highest BCUT2D eigenvalue weighted by Gasteiger charge is 2.32. The smallest absolute Gasteiger partial charge is 0.433 e. The van der Waals surface area contributed by atoms with Crippen LogP contribution in [0.25, 0.3) is 5.82 Å². The minimum absolute atomic E-state index is 0.0749. The van der Waals surface area contributed by atoms with Crippen LogP contribution in [0.3, 0.4) is 0 Å².